The van der Waals surface area contributed by atoms with Crippen molar-refractivity contribution in [2.24, 2.45) is 0 Å². The fourth-order valence-corrected chi connectivity index (χ4v) is 4.51. The molecule has 0 fully saturated rings. The zero-order chi connectivity index (χ0) is 26.4. The summed E-state index contributed by atoms with van der Waals surface area (Å²) in [5.74, 6) is 1.57. The third-order valence-electron chi connectivity index (χ3n) is 6.34. The molecule has 0 aromatic heterocycles. The van der Waals surface area contributed by atoms with Gasteiger partial charge in [-0.2, -0.15) is 0 Å². The summed E-state index contributed by atoms with van der Waals surface area (Å²) in [6.45, 7) is 0. The molecule has 0 radical (unpaired) electrons. The molecule has 4 aromatic carbocycles. The molecule has 0 saturated carbocycles. The van der Waals surface area contributed by atoms with Gasteiger partial charge in [0.2, 0.25) is 0 Å². The third kappa shape index (κ3) is 6.16. The molecule has 0 aliphatic heterocycles. The number of rotatable bonds is 9. The minimum absolute atomic E-state index is 0.0793. The van der Waals surface area contributed by atoms with E-state index in [1.807, 2.05) is 30.4 Å². The molecule has 6 nitrogen and oxygen atoms in total. The highest BCUT2D eigenvalue weighted by Crippen LogP contribution is 2.41. The largest absolute Gasteiger partial charge is 0.508 e. The van der Waals surface area contributed by atoms with Crippen LogP contribution in [0.4, 0.5) is 0 Å². The van der Waals surface area contributed by atoms with E-state index in [-0.39, 0.29) is 28.9 Å². The Morgan fingerprint density at radius 2 is 1.24 bits per heavy atom. The van der Waals surface area contributed by atoms with E-state index in [9.17, 15) is 20.4 Å². The summed E-state index contributed by atoms with van der Waals surface area (Å²) in [4.78, 5) is 0. The summed E-state index contributed by atoms with van der Waals surface area (Å²) in [7, 11) is 3.15. The van der Waals surface area contributed by atoms with Gasteiger partial charge in [0.15, 0.2) is 0 Å². The molecular weight excluding hydrogens is 468 g/mol. The third-order valence-corrected chi connectivity index (χ3v) is 6.34. The Bertz CT molecular complexity index is 1370. The highest BCUT2D eigenvalue weighted by molar-refractivity contribution is 5.74. The van der Waals surface area contributed by atoms with E-state index in [1.165, 1.54) is 0 Å². The number of ether oxygens (including phenoxy) is 2. The molecule has 0 bridgehead atoms. The molecule has 4 N–H and O–H groups in total. The molecule has 4 rings (SSSR count). The van der Waals surface area contributed by atoms with Crippen molar-refractivity contribution in [3.8, 4) is 34.5 Å². The van der Waals surface area contributed by atoms with Crippen LogP contribution in [0.5, 0.6) is 34.5 Å². The van der Waals surface area contributed by atoms with Gasteiger partial charge in [-0.3, -0.25) is 0 Å². The van der Waals surface area contributed by atoms with E-state index in [2.05, 4.69) is 0 Å². The molecule has 0 aliphatic carbocycles. The average molecular weight is 499 g/mol. The number of hydrogen-bond acceptors (Lipinski definition) is 6. The Morgan fingerprint density at radius 1 is 0.649 bits per heavy atom. The van der Waals surface area contributed by atoms with Crippen molar-refractivity contribution in [2.75, 3.05) is 14.2 Å². The highest BCUT2D eigenvalue weighted by Gasteiger charge is 2.23. The van der Waals surface area contributed by atoms with Crippen molar-refractivity contribution in [2.45, 2.75) is 18.8 Å². The van der Waals surface area contributed by atoms with Gasteiger partial charge >= 0.3 is 0 Å². The Labute approximate surface area is 216 Å². The quantitative estimate of drug-likeness (QED) is 0.198. The topological polar surface area (TPSA) is 99.4 Å². The number of methoxy groups -OCH3 is 2. The molecule has 6 heteroatoms. The van der Waals surface area contributed by atoms with Crippen molar-refractivity contribution in [1.82, 2.24) is 0 Å². The van der Waals surface area contributed by atoms with Crippen LogP contribution in [0.2, 0.25) is 0 Å². The van der Waals surface area contributed by atoms with Crippen molar-refractivity contribution < 1.29 is 29.9 Å². The number of phenolic OH excluding ortho intramolecular Hbond substituents is 4. The summed E-state index contributed by atoms with van der Waals surface area (Å²) >= 11 is 0. The molecule has 0 heterocycles. The first-order valence-corrected chi connectivity index (χ1v) is 11.9. The zero-order valence-electron chi connectivity index (χ0n) is 20.8. The minimum atomic E-state index is -0.158. The number of aryl methyl sites for hydroxylation is 1. The van der Waals surface area contributed by atoms with E-state index in [0.29, 0.717) is 24.3 Å². The monoisotopic (exact) mass is 498 g/mol. The lowest BCUT2D eigenvalue weighted by Crippen LogP contribution is -2.08. The Hall–Kier alpha value is -4.58. The predicted molar refractivity (Wildman–Crippen MR) is 145 cm³/mol. The first-order valence-electron chi connectivity index (χ1n) is 11.9. The highest BCUT2D eigenvalue weighted by atomic mass is 16.5. The Balaban J connectivity index is 1.80. The van der Waals surface area contributed by atoms with Crippen molar-refractivity contribution in [3.05, 3.63) is 107 Å². The lowest BCUT2D eigenvalue weighted by Gasteiger charge is -2.24. The number of aromatic hydroxyl groups is 4. The van der Waals surface area contributed by atoms with E-state index in [1.54, 1.807) is 74.9 Å². The minimum Gasteiger partial charge on any atom is -0.508 e. The fraction of sp³-hybridized carbons (Fsp3) is 0.161. The van der Waals surface area contributed by atoms with Gasteiger partial charge in [-0.25, -0.2) is 0 Å². The second-order valence-electron chi connectivity index (χ2n) is 8.75. The Morgan fingerprint density at radius 3 is 1.89 bits per heavy atom. The van der Waals surface area contributed by atoms with E-state index < -0.39 is 0 Å². The lowest BCUT2D eigenvalue weighted by atomic mass is 9.82. The van der Waals surface area contributed by atoms with Crippen LogP contribution in [-0.2, 0) is 6.42 Å². The van der Waals surface area contributed by atoms with Crippen LogP contribution in [0.1, 0.15) is 40.2 Å². The molecule has 0 amide bonds. The van der Waals surface area contributed by atoms with E-state index in [0.717, 1.165) is 27.8 Å². The normalized spacial score (nSPS) is 11.9. The summed E-state index contributed by atoms with van der Waals surface area (Å²) in [5, 5.41) is 39.8. The van der Waals surface area contributed by atoms with Gasteiger partial charge in [0, 0.05) is 23.6 Å². The molecular formula is C31H30O6. The van der Waals surface area contributed by atoms with Gasteiger partial charge in [-0.15, -0.1) is 0 Å². The summed E-state index contributed by atoms with van der Waals surface area (Å²) < 4.78 is 11.2. The second kappa shape index (κ2) is 11.4. The van der Waals surface area contributed by atoms with Gasteiger partial charge in [-0.1, -0.05) is 42.5 Å². The first-order chi connectivity index (χ1) is 17.9. The summed E-state index contributed by atoms with van der Waals surface area (Å²) in [6.07, 6.45) is 5.12. The van der Waals surface area contributed by atoms with Crippen molar-refractivity contribution in [1.29, 1.82) is 0 Å². The fourth-order valence-electron chi connectivity index (χ4n) is 4.51. The number of phenols is 4. The van der Waals surface area contributed by atoms with E-state index >= 15 is 0 Å². The van der Waals surface area contributed by atoms with Crippen LogP contribution in [0, 0.1) is 0 Å². The molecule has 0 aliphatic rings. The van der Waals surface area contributed by atoms with Crippen LogP contribution in [-0.4, -0.2) is 34.6 Å². The standard InChI is InChI=1S/C31H30O6/c1-36-29-18-26(34)15-9-22(29)10-16-28(21-7-13-25(33)14-8-21)31-23(17-27(35)19-30(31)37-2)6-3-20-4-11-24(32)12-5-20/h3-9,11-15,17-19,28,32-35H,10,16H2,1-2H3/b6-3+/t28-/m1/s1. The molecule has 1 atom stereocenters. The predicted octanol–water partition coefficient (Wildman–Crippen LogP) is 6.46. The maximum Gasteiger partial charge on any atom is 0.126 e. The Kier molecular flexibility index (Phi) is 7.89. The molecule has 0 saturated heterocycles. The van der Waals surface area contributed by atoms with E-state index in [4.69, 9.17) is 9.47 Å². The van der Waals surface area contributed by atoms with Gasteiger partial charge in [-0.05, 0) is 71.5 Å². The smallest absolute Gasteiger partial charge is 0.126 e. The van der Waals surface area contributed by atoms with Gasteiger partial charge in [0.1, 0.15) is 34.5 Å². The number of benzene rings is 4. The molecule has 37 heavy (non-hydrogen) atoms. The molecule has 0 unspecified atom stereocenters. The summed E-state index contributed by atoms with van der Waals surface area (Å²) in [6, 6.07) is 22.3. The zero-order valence-corrected chi connectivity index (χ0v) is 20.8. The van der Waals surface area contributed by atoms with Gasteiger partial charge in [0.05, 0.1) is 14.2 Å². The van der Waals surface area contributed by atoms with Crippen molar-refractivity contribution in [3.63, 3.8) is 0 Å². The maximum atomic E-state index is 10.5. The van der Waals surface area contributed by atoms with Crippen LogP contribution in [0.25, 0.3) is 12.2 Å². The summed E-state index contributed by atoms with van der Waals surface area (Å²) in [5.41, 5.74) is 4.47. The second-order valence-corrected chi connectivity index (χ2v) is 8.75. The molecule has 0 spiro atoms. The SMILES string of the molecule is COc1cc(O)ccc1CC[C@H](c1ccc(O)cc1)c1c(/C=C/c2ccc(O)cc2)cc(O)cc1OC. The van der Waals surface area contributed by atoms with Crippen molar-refractivity contribution >= 4 is 12.2 Å². The van der Waals surface area contributed by atoms with Crippen LogP contribution >= 0.6 is 0 Å². The van der Waals surface area contributed by atoms with Gasteiger partial charge in [0.25, 0.3) is 0 Å². The maximum absolute atomic E-state index is 10.5. The van der Waals surface area contributed by atoms with Crippen LogP contribution < -0.4 is 9.47 Å². The molecule has 4 aromatic rings. The average Bonchev–Trinajstić information content (AvgIpc) is 2.90. The molecule has 190 valence electrons. The van der Waals surface area contributed by atoms with Crippen LogP contribution in [0.3, 0.4) is 0 Å². The first kappa shape index (κ1) is 25.5. The van der Waals surface area contributed by atoms with Crippen LogP contribution in [0.15, 0.2) is 78.9 Å². The lowest BCUT2D eigenvalue weighted by molar-refractivity contribution is 0.397. The van der Waals surface area contributed by atoms with Gasteiger partial charge < -0.3 is 29.9 Å². The number of hydrogen-bond donors (Lipinski definition) is 4.